The Morgan fingerprint density at radius 3 is 1.56 bits per heavy atom. The summed E-state index contributed by atoms with van der Waals surface area (Å²) in [6.45, 7) is 2.87. The lowest BCUT2D eigenvalue weighted by atomic mass is 9.95. The summed E-state index contributed by atoms with van der Waals surface area (Å²) in [6, 6.07) is 0. The van der Waals surface area contributed by atoms with E-state index in [1.54, 1.807) is 0 Å². The molecular formula is C21H34N4O7. The number of ether oxygens (including phenoxy) is 2. The topological polar surface area (TPSA) is 153 Å². The van der Waals surface area contributed by atoms with Crippen LogP contribution in [0.4, 0.5) is 9.59 Å². The number of alkyl carbamates (subject to hydrolysis) is 2. The van der Waals surface area contributed by atoms with Gasteiger partial charge in [0.2, 0.25) is 12.2 Å². The molecule has 0 spiro atoms. The van der Waals surface area contributed by atoms with Crippen LogP contribution >= 0.6 is 0 Å². The molecule has 0 heterocycles. The number of nitrogens with zero attached hydrogens (tertiary/aromatic N) is 2. The molecule has 2 N–H and O–H groups in total. The Morgan fingerprint density at radius 2 is 1.19 bits per heavy atom. The number of aldehydes is 1. The maximum atomic E-state index is 11.8. The van der Waals surface area contributed by atoms with Gasteiger partial charge in [-0.2, -0.15) is 0 Å². The zero-order chi connectivity index (χ0) is 23.9. The SMILES string of the molecule is CC(C=O)(COC(=O)NCCCCCCN=C=O)COC(=O)NCCCCCCN=C=O. The summed E-state index contributed by atoms with van der Waals surface area (Å²) in [5.41, 5.74) is -1.15. The van der Waals surface area contributed by atoms with Crippen LogP contribution in [0.5, 0.6) is 0 Å². The number of isocyanates is 2. The average Bonchev–Trinajstić information content (AvgIpc) is 2.80. The summed E-state index contributed by atoms with van der Waals surface area (Å²) in [5, 5.41) is 5.19. The fourth-order valence-corrected chi connectivity index (χ4v) is 2.48. The van der Waals surface area contributed by atoms with Gasteiger partial charge in [-0.3, -0.25) is 0 Å². The molecule has 0 aliphatic rings. The summed E-state index contributed by atoms with van der Waals surface area (Å²) >= 11 is 0. The standard InChI is InChI=1S/C21H34N4O7/c1-21(14-26,15-31-19(29)24-12-8-4-2-6-10-22-17-27)16-32-20(30)25-13-9-5-3-7-11-23-18-28/h14H,2-13,15-16H2,1H3,(H,24,29)(H,25,30). The molecule has 180 valence electrons. The first kappa shape index (κ1) is 29.0. The number of carbonyl (C=O) groups is 3. The molecule has 0 atom stereocenters. The van der Waals surface area contributed by atoms with E-state index < -0.39 is 17.6 Å². The largest absolute Gasteiger partial charge is 0.448 e. The van der Waals surface area contributed by atoms with Crippen molar-refractivity contribution in [2.24, 2.45) is 15.4 Å². The lowest BCUT2D eigenvalue weighted by Crippen LogP contribution is -2.37. The Bertz CT molecular complexity index is 596. The minimum Gasteiger partial charge on any atom is -0.448 e. The molecule has 0 bridgehead atoms. The molecule has 32 heavy (non-hydrogen) atoms. The smallest absolute Gasteiger partial charge is 0.407 e. The van der Waals surface area contributed by atoms with Gasteiger partial charge in [-0.05, 0) is 32.6 Å². The first-order chi connectivity index (χ1) is 15.5. The van der Waals surface area contributed by atoms with Crippen molar-refractivity contribution in [2.75, 3.05) is 39.4 Å². The minimum absolute atomic E-state index is 0.220. The van der Waals surface area contributed by atoms with E-state index in [2.05, 4.69) is 20.6 Å². The molecule has 0 fully saturated rings. The number of hydrogen-bond donors (Lipinski definition) is 2. The van der Waals surface area contributed by atoms with Crippen LogP contribution in [0.15, 0.2) is 9.98 Å². The second-order valence-corrected chi connectivity index (χ2v) is 7.55. The molecule has 0 aromatic heterocycles. The first-order valence-electron chi connectivity index (χ1n) is 10.8. The van der Waals surface area contributed by atoms with E-state index in [0.717, 1.165) is 51.4 Å². The molecule has 0 aliphatic carbocycles. The van der Waals surface area contributed by atoms with E-state index in [0.29, 0.717) is 32.5 Å². The fourth-order valence-electron chi connectivity index (χ4n) is 2.48. The van der Waals surface area contributed by atoms with Crippen molar-refractivity contribution < 1.29 is 33.4 Å². The van der Waals surface area contributed by atoms with Crippen LogP contribution in [0, 0.1) is 5.41 Å². The van der Waals surface area contributed by atoms with Crippen molar-refractivity contribution in [1.29, 1.82) is 0 Å². The molecule has 0 rings (SSSR count). The van der Waals surface area contributed by atoms with Crippen molar-refractivity contribution in [3.05, 3.63) is 0 Å². The number of carbonyl (C=O) groups excluding carboxylic acids is 5. The maximum Gasteiger partial charge on any atom is 0.407 e. The minimum atomic E-state index is -1.15. The molecule has 0 radical (unpaired) electrons. The summed E-state index contributed by atoms with van der Waals surface area (Å²) < 4.78 is 10.1. The van der Waals surface area contributed by atoms with Crippen molar-refractivity contribution >= 4 is 30.6 Å². The van der Waals surface area contributed by atoms with Crippen molar-refractivity contribution in [3.63, 3.8) is 0 Å². The molecule has 0 aliphatic heterocycles. The van der Waals surface area contributed by atoms with Crippen molar-refractivity contribution in [2.45, 2.75) is 58.3 Å². The van der Waals surface area contributed by atoms with Crippen LogP contribution in [0.1, 0.15) is 58.3 Å². The third-order valence-electron chi connectivity index (χ3n) is 4.41. The summed E-state index contributed by atoms with van der Waals surface area (Å²) in [7, 11) is 0. The highest BCUT2D eigenvalue weighted by Gasteiger charge is 2.28. The lowest BCUT2D eigenvalue weighted by Gasteiger charge is -2.22. The maximum absolute atomic E-state index is 11.8. The van der Waals surface area contributed by atoms with Crippen LogP contribution in [0.2, 0.25) is 0 Å². The van der Waals surface area contributed by atoms with E-state index in [9.17, 15) is 24.0 Å². The van der Waals surface area contributed by atoms with Crippen LogP contribution in [-0.4, -0.2) is 70.0 Å². The Morgan fingerprint density at radius 1 is 0.781 bits per heavy atom. The molecule has 0 saturated heterocycles. The molecule has 0 aromatic rings. The highest BCUT2D eigenvalue weighted by molar-refractivity contribution is 5.69. The van der Waals surface area contributed by atoms with Crippen LogP contribution in [0.3, 0.4) is 0 Å². The van der Waals surface area contributed by atoms with E-state index in [1.165, 1.54) is 19.1 Å². The Balaban J connectivity index is 3.87. The fraction of sp³-hybridized carbons (Fsp3) is 0.762. The highest BCUT2D eigenvalue weighted by atomic mass is 16.6. The normalized spacial score (nSPS) is 11.8. The molecule has 2 amide bonds. The number of amides is 2. The molecule has 11 nitrogen and oxygen atoms in total. The second kappa shape index (κ2) is 19.9. The van der Waals surface area contributed by atoms with E-state index >= 15 is 0 Å². The van der Waals surface area contributed by atoms with Gasteiger partial charge in [0, 0.05) is 13.1 Å². The van der Waals surface area contributed by atoms with Crippen molar-refractivity contribution in [1.82, 2.24) is 10.6 Å². The molecule has 11 heteroatoms. The second-order valence-electron chi connectivity index (χ2n) is 7.55. The van der Waals surface area contributed by atoms with Gasteiger partial charge < -0.3 is 24.9 Å². The van der Waals surface area contributed by atoms with Gasteiger partial charge in [-0.1, -0.05) is 25.7 Å². The van der Waals surface area contributed by atoms with Gasteiger partial charge >= 0.3 is 12.2 Å². The number of hydrogen-bond acceptors (Lipinski definition) is 9. The first-order valence-corrected chi connectivity index (χ1v) is 10.8. The van der Waals surface area contributed by atoms with Crippen molar-refractivity contribution in [3.8, 4) is 0 Å². The van der Waals surface area contributed by atoms with Crippen LogP contribution in [-0.2, 0) is 23.9 Å². The Kier molecular flexibility index (Phi) is 18.0. The quantitative estimate of drug-likeness (QED) is 0.132. The van der Waals surface area contributed by atoms with Crippen LogP contribution < -0.4 is 10.6 Å². The molecule has 0 saturated carbocycles. The number of aliphatic imine (C=N–C) groups is 2. The van der Waals surface area contributed by atoms with E-state index in [1.807, 2.05) is 0 Å². The predicted octanol–water partition coefficient (Wildman–Crippen LogP) is 2.44. The van der Waals surface area contributed by atoms with E-state index in [4.69, 9.17) is 9.47 Å². The average molecular weight is 455 g/mol. The lowest BCUT2D eigenvalue weighted by molar-refractivity contribution is -0.119. The highest BCUT2D eigenvalue weighted by Crippen LogP contribution is 2.14. The monoisotopic (exact) mass is 454 g/mol. The van der Waals surface area contributed by atoms with Crippen LogP contribution in [0.25, 0.3) is 0 Å². The zero-order valence-electron chi connectivity index (χ0n) is 18.7. The Hall–Kier alpha value is -3.03. The summed E-state index contributed by atoms with van der Waals surface area (Å²) in [6.07, 6.45) is 8.89. The van der Waals surface area contributed by atoms with Gasteiger partial charge in [-0.25, -0.2) is 29.2 Å². The van der Waals surface area contributed by atoms with Gasteiger partial charge in [-0.15, -0.1) is 0 Å². The summed E-state index contributed by atoms with van der Waals surface area (Å²) in [5.74, 6) is 0. The van der Waals surface area contributed by atoms with Gasteiger partial charge in [0.1, 0.15) is 19.5 Å². The third kappa shape index (κ3) is 17.8. The Labute approximate surface area is 188 Å². The predicted molar refractivity (Wildman–Crippen MR) is 116 cm³/mol. The summed E-state index contributed by atoms with van der Waals surface area (Å²) in [4.78, 5) is 61.7. The molecule has 0 unspecified atom stereocenters. The zero-order valence-corrected chi connectivity index (χ0v) is 18.7. The van der Waals surface area contributed by atoms with Gasteiger partial charge in [0.25, 0.3) is 0 Å². The number of rotatable bonds is 19. The number of nitrogens with one attached hydrogen (secondary N) is 2. The molecular weight excluding hydrogens is 420 g/mol. The van der Waals surface area contributed by atoms with E-state index in [-0.39, 0.29) is 13.2 Å². The van der Waals surface area contributed by atoms with Gasteiger partial charge in [0.05, 0.1) is 18.5 Å². The molecule has 0 aromatic carbocycles. The van der Waals surface area contributed by atoms with Gasteiger partial charge in [0.15, 0.2) is 0 Å². The number of unbranched alkanes of at least 4 members (excludes halogenated alkanes) is 6. The third-order valence-corrected chi connectivity index (χ3v) is 4.41.